The van der Waals surface area contributed by atoms with E-state index in [9.17, 15) is 9.18 Å². The second kappa shape index (κ2) is 12.4. The van der Waals surface area contributed by atoms with Gasteiger partial charge in [0, 0.05) is 30.7 Å². The van der Waals surface area contributed by atoms with Crippen LogP contribution in [0.4, 0.5) is 4.39 Å². The number of likely N-dealkylation sites (tertiary alicyclic amines) is 1. The summed E-state index contributed by atoms with van der Waals surface area (Å²) >= 11 is 5.99. The zero-order valence-corrected chi connectivity index (χ0v) is 21.7. The Hall–Kier alpha value is -2.89. The van der Waals surface area contributed by atoms with Gasteiger partial charge in [0.1, 0.15) is 11.9 Å². The molecule has 36 heavy (non-hydrogen) atoms. The highest BCUT2D eigenvalue weighted by Crippen LogP contribution is 2.22. The van der Waals surface area contributed by atoms with Gasteiger partial charge in [0.15, 0.2) is 0 Å². The highest BCUT2D eigenvalue weighted by Gasteiger charge is 2.25. The third kappa shape index (κ3) is 7.81. The molecule has 1 aliphatic rings. The van der Waals surface area contributed by atoms with Crippen LogP contribution in [-0.2, 0) is 17.6 Å². The smallest absolute Gasteiger partial charge is 0.224 e. The summed E-state index contributed by atoms with van der Waals surface area (Å²) in [4.78, 5) is 15.1. The summed E-state index contributed by atoms with van der Waals surface area (Å²) in [6, 6.07) is 23.6. The first-order chi connectivity index (χ1) is 17.3. The maximum atomic E-state index is 13.8. The van der Waals surface area contributed by atoms with Crippen LogP contribution in [0.5, 0.6) is 5.75 Å². The molecule has 0 saturated carbocycles. The zero-order valence-electron chi connectivity index (χ0n) is 20.9. The second-order valence-corrected chi connectivity index (χ2v) is 10.2. The fourth-order valence-electron chi connectivity index (χ4n) is 4.61. The number of hydrogen-bond donors (Lipinski definition) is 1. The van der Waals surface area contributed by atoms with Crippen molar-refractivity contribution in [3.63, 3.8) is 0 Å². The van der Waals surface area contributed by atoms with Crippen LogP contribution in [0, 0.1) is 0 Å². The third-order valence-electron chi connectivity index (χ3n) is 6.33. The summed E-state index contributed by atoms with van der Waals surface area (Å²) in [6.45, 7) is 5.78. The molecule has 1 N–H and O–H groups in total. The first-order valence-electron chi connectivity index (χ1n) is 12.6. The van der Waals surface area contributed by atoms with E-state index in [1.807, 2.05) is 86.6 Å². The molecule has 2 atom stereocenters. The number of amides is 1. The maximum absolute atomic E-state index is 13.8. The molecule has 0 aliphatic carbocycles. The maximum Gasteiger partial charge on any atom is 0.224 e. The van der Waals surface area contributed by atoms with Crippen molar-refractivity contribution >= 4 is 17.5 Å². The summed E-state index contributed by atoms with van der Waals surface area (Å²) in [7, 11) is 0. The van der Waals surface area contributed by atoms with Crippen molar-refractivity contribution in [2.24, 2.45) is 0 Å². The molecule has 3 aromatic rings. The van der Waals surface area contributed by atoms with Gasteiger partial charge in [-0.05, 0) is 73.2 Å². The molecule has 0 spiro atoms. The number of halogens is 2. The van der Waals surface area contributed by atoms with Crippen LogP contribution >= 0.6 is 11.6 Å². The SMILES string of the molecule is CC(C)Oc1ccc(C[C@@H](CN2CC[C@@H](F)C2)NC(=O)Cc2ccc(-c3ccc(Cl)cc3)cc2)cc1. The Bertz CT molecular complexity index is 1120. The van der Waals surface area contributed by atoms with Gasteiger partial charge in [-0.25, -0.2) is 4.39 Å². The summed E-state index contributed by atoms with van der Waals surface area (Å²) in [5, 5.41) is 3.91. The van der Waals surface area contributed by atoms with Gasteiger partial charge in [-0.3, -0.25) is 9.69 Å². The summed E-state index contributed by atoms with van der Waals surface area (Å²) in [6.07, 6.45) is 0.864. The third-order valence-corrected chi connectivity index (χ3v) is 6.58. The number of hydrogen-bond acceptors (Lipinski definition) is 3. The largest absolute Gasteiger partial charge is 0.491 e. The lowest BCUT2D eigenvalue weighted by atomic mass is 10.0. The lowest BCUT2D eigenvalue weighted by Gasteiger charge is -2.25. The second-order valence-electron chi connectivity index (χ2n) is 9.81. The van der Waals surface area contributed by atoms with Crippen molar-refractivity contribution in [3.8, 4) is 16.9 Å². The lowest BCUT2D eigenvalue weighted by molar-refractivity contribution is -0.121. The number of nitrogens with zero attached hydrogens (tertiary/aromatic N) is 1. The predicted octanol–water partition coefficient (Wildman–Crippen LogP) is 6.11. The van der Waals surface area contributed by atoms with Gasteiger partial charge in [-0.1, -0.05) is 60.1 Å². The van der Waals surface area contributed by atoms with E-state index in [-0.39, 0.29) is 18.1 Å². The van der Waals surface area contributed by atoms with Crippen LogP contribution in [-0.4, -0.2) is 48.8 Å². The molecule has 1 amide bonds. The molecular formula is C30H34ClFN2O2. The Balaban J connectivity index is 1.38. The molecule has 3 aromatic carbocycles. The first-order valence-corrected chi connectivity index (χ1v) is 13.0. The monoisotopic (exact) mass is 508 g/mol. The van der Waals surface area contributed by atoms with Crippen LogP contribution in [0.15, 0.2) is 72.8 Å². The van der Waals surface area contributed by atoms with E-state index in [1.54, 1.807) is 0 Å². The van der Waals surface area contributed by atoms with Gasteiger partial charge >= 0.3 is 0 Å². The minimum Gasteiger partial charge on any atom is -0.491 e. The lowest BCUT2D eigenvalue weighted by Crippen LogP contribution is -2.45. The molecule has 0 bridgehead atoms. The number of benzene rings is 3. The van der Waals surface area contributed by atoms with Gasteiger partial charge < -0.3 is 10.1 Å². The Morgan fingerprint density at radius 1 is 1.00 bits per heavy atom. The molecule has 0 radical (unpaired) electrons. The number of carbonyl (C=O) groups is 1. The minimum atomic E-state index is -0.784. The zero-order chi connectivity index (χ0) is 25.5. The van der Waals surface area contributed by atoms with Gasteiger partial charge in [0.2, 0.25) is 5.91 Å². The van der Waals surface area contributed by atoms with Crippen LogP contribution in [0.1, 0.15) is 31.4 Å². The Morgan fingerprint density at radius 3 is 2.19 bits per heavy atom. The Labute approximate surface area is 218 Å². The van der Waals surface area contributed by atoms with Crippen molar-refractivity contribution < 1.29 is 13.9 Å². The van der Waals surface area contributed by atoms with Crippen LogP contribution < -0.4 is 10.1 Å². The van der Waals surface area contributed by atoms with Gasteiger partial charge in [-0.15, -0.1) is 0 Å². The fourth-order valence-corrected chi connectivity index (χ4v) is 4.73. The molecule has 4 rings (SSSR count). The molecule has 1 fully saturated rings. The molecule has 6 heteroatoms. The average molecular weight is 509 g/mol. The highest BCUT2D eigenvalue weighted by atomic mass is 35.5. The molecule has 1 aliphatic heterocycles. The molecule has 4 nitrogen and oxygen atoms in total. The number of alkyl halides is 1. The molecule has 1 heterocycles. The van der Waals surface area contributed by atoms with Gasteiger partial charge in [-0.2, -0.15) is 0 Å². The fraction of sp³-hybridized carbons (Fsp3) is 0.367. The van der Waals surface area contributed by atoms with Crippen molar-refractivity contribution in [2.45, 2.75) is 51.4 Å². The van der Waals surface area contributed by atoms with E-state index >= 15 is 0 Å². The summed E-state index contributed by atoms with van der Waals surface area (Å²) < 4.78 is 19.5. The summed E-state index contributed by atoms with van der Waals surface area (Å²) in [5.74, 6) is 0.797. The normalized spacial score (nSPS) is 16.8. The average Bonchev–Trinajstić information content (AvgIpc) is 3.25. The Morgan fingerprint density at radius 2 is 1.61 bits per heavy atom. The quantitative estimate of drug-likeness (QED) is 0.359. The van der Waals surface area contributed by atoms with Crippen molar-refractivity contribution in [3.05, 3.63) is 88.9 Å². The van der Waals surface area contributed by atoms with Crippen molar-refractivity contribution in [1.82, 2.24) is 10.2 Å². The van der Waals surface area contributed by atoms with E-state index < -0.39 is 6.17 Å². The molecular weight excluding hydrogens is 475 g/mol. The molecule has 190 valence electrons. The van der Waals surface area contributed by atoms with E-state index in [4.69, 9.17) is 16.3 Å². The molecule has 0 unspecified atom stereocenters. The molecule has 0 aromatic heterocycles. The van der Waals surface area contributed by atoms with Gasteiger partial charge in [0.25, 0.3) is 0 Å². The number of nitrogens with one attached hydrogen (secondary N) is 1. The topological polar surface area (TPSA) is 41.6 Å². The standard InChI is InChI=1S/C30H34ClFN2O2/c1-21(2)36-29-13-5-22(6-14-29)17-28(20-34-16-15-27(32)19-34)33-30(35)18-23-3-7-24(8-4-23)25-9-11-26(31)12-10-25/h3-14,21,27-28H,15-20H2,1-2H3,(H,33,35)/t27-,28+/m1/s1. The number of carbonyl (C=O) groups excluding carboxylic acids is 1. The number of rotatable bonds is 10. The number of ether oxygens (including phenoxy) is 1. The summed E-state index contributed by atoms with van der Waals surface area (Å²) in [5.41, 5.74) is 4.22. The van der Waals surface area contributed by atoms with E-state index in [2.05, 4.69) is 10.2 Å². The van der Waals surface area contributed by atoms with E-state index in [0.717, 1.165) is 34.5 Å². The minimum absolute atomic E-state index is 0.0324. The van der Waals surface area contributed by atoms with Gasteiger partial charge in [0.05, 0.1) is 12.5 Å². The van der Waals surface area contributed by atoms with E-state index in [0.29, 0.717) is 37.4 Å². The van der Waals surface area contributed by atoms with E-state index in [1.165, 1.54) is 0 Å². The van der Waals surface area contributed by atoms with Crippen LogP contribution in [0.25, 0.3) is 11.1 Å². The van der Waals surface area contributed by atoms with Crippen molar-refractivity contribution in [2.75, 3.05) is 19.6 Å². The highest BCUT2D eigenvalue weighted by molar-refractivity contribution is 6.30. The first kappa shape index (κ1) is 26.2. The molecule has 1 saturated heterocycles. The Kier molecular flexibility index (Phi) is 9.00. The van der Waals surface area contributed by atoms with Crippen molar-refractivity contribution in [1.29, 1.82) is 0 Å². The van der Waals surface area contributed by atoms with Crippen LogP contribution in [0.2, 0.25) is 5.02 Å². The van der Waals surface area contributed by atoms with Crippen LogP contribution in [0.3, 0.4) is 0 Å². The predicted molar refractivity (Wildman–Crippen MR) is 144 cm³/mol.